The Hall–Kier alpha value is -2.62. The zero-order valence-corrected chi connectivity index (χ0v) is 18.9. The van der Waals surface area contributed by atoms with E-state index in [0.717, 1.165) is 42.0 Å². The highest BCUT2D eigenvalue weighted by Gasteiger charge is 2.33. The van der Waals surface area contributed by atoms with Gasteiger partial charge in [-0.25, -0.2) is 13.6 Å². The first-order chi connectivity index (χ1) is 15.3. The topological polar surface area (TPSA) is 111 Å². The van der Waals surface area contributed by atoms with Crippen LogP contribution < -0.4 is 19.9 Å². The Labute approximate surface area is 188 Å². The monoisotopic (exact) mass is 459 g/mol. The van der Waals surface area contributed by atoms with Crippen LogP contribution in [0.15, 0.2) is 47.4 Å². The van der Waals surface area contributed by atoms with Crippen molar-refractivity contribution >= 4 is 15.9 Å². The lowest BCUT2D eigenvalue weighted by Crippen LogP contribution is -2.45. The maximum Gasteiger partial charge on any atom is 0.238 e. The van der Waals surface area contributed by atoms with Crippen LogP contribution >= 0.6 is 0 Å². The van der Waals surface area contributed by atoms with Gasteiger partial charge < -0.3 is 14.8 Å². The minimum Gasteiger partial charge on any atom is -0.486 e. The maximum atomic E-state index is 12.8. The van der Waals surface area contributed by atoms with Gasteiger partial charge in [-0.2, -0.15) is 0 Å². The van der Waals surface area contributed by atoms with Gasteiger partial charge in [0.25, 0.3) is 0 Å². The van der Waals surface area contributed by atoms with Gasteiger partial charge in [-0.3, -0.25) is 9.69 Å². The smallest absolute Gasteiger partial charge is 0.238 e. The highest BCUT2D eigenvalue weighted by atomic mass is 32.2. The van der Waals surface area contributed by atoms with E-state index in [-0.39, 0.29) is 22.9 Å². The molecule has 2 heterocycles. The zero-order chi connectivity index (χ0) is 22.7. The number of fused-ring (bicyclic) bond motifs is 1. The molecular formula is C23H29N3O5S. The number of carbonyl (C=O) groups excluding carboxylic acids is 1. The zero-order valence-electron chi connectivity index (χ0n) is 18.1. The molecule has 172 valence electrons. The molecule has 0 aliphatic carbocycles. The molecule has 1 fully saturated rings. The van der Waals surface area contributed by atoms with Crippen LogP contribution in [0.4, 0.5) is 0 Å². The van der Waals surface area contributed by atoms with Crippen molar-refractivity contribution in [2.45, 2.75) is 43.2 Å². The Balaban J connectivity index is 1.34. The van der Waals surface area contributed by atoms with Crippen LogP contribution in [0.3, 0.4) is 0 Å². The Morgan fingerprint density at radius 1 is 1.16 bits per heavy atom. The molecule has 0 bridgehead atoms. The molecule has 2 aliphatic rings. The molecule has 1 saturated heterocycles. The summed E-state index contributed by atoms with van der Waals surface area (Å²) in [5, 5.41) is 8.13. The van der Waals surface area contributed by atoms with E-state index >= 15 is 0 Å². The lowest BCUT2D eigenvalue weighted by atomic mass is 10.0. The molecule has 3 N–H and O–H groups in total. The third kappa shape index (κ3) is 5.06. The fourth-order valence-corrected chi connectivity index (χ4v) is 4.87. The number of hydrogen-bond donors (Lipinski definition) is 2. The summed E-state index contributed by atoms with van der Waals surface area (Å²) in [6, 6.07) is 12.3. The molecule has 2 aromatic rings. The molecule has 32 heavy (non-hydrogen) atoms. The second-order valence-corrected chi connectivity index (χ2v) is 9.77. The van der Waals surface area contributed by atoms with E-state index in [0.29, 0.717) is 26.2 Å². The summed E-state index contributed by atoms with van der Waals surface area (Å²) < 4.78 is 34.0. The number of rotatable bonds is 7. The van der Waals surface area contributed by atoms with Crippen LogP contribution in [0.25, 0.3) is 0 Å². The SMILES string of the molecule is C[C@@H](C(=O)NCCc1ccc(S(N)(=O)=O)cc1)N1CCC[C@H]1c1ccc2c(c1)OCCO2. The molecule has 0 radical (unpaired) electrons. The number of primary sulfonamides is 1. The summed E-state index contributed by atoms with van der Waals surface area (Å²) in [7, 11) is -3.70. The normalized spacial score (nSPS) is 19.5. The highest BCUT2D eigenvalue weighted by molar-refractivity contribution is 7.89. The summed E-state index contributed by atoms with van der Waals surface area (Å²) in [4.78, 5) is 15.1. The Morgan fingerprint density at radius 3 is 2.59 bits per heavy atom. The van der Waals surface area contributed by atoms with E-state index in [9.17, 15) is 13.2 Å². The van der Waals surface area contributed by atoms with Crippen molar-refractivity contribution in [3.05, 3.63) is 53.6 Å². The van der Waals surface area contributed by atoms with E-state index < -0.39 is 10.0 Å². The van der Waals surface area contributed by atoms with Gasteiger partial charge in [0, 0.05) is 12.6 Å². The Bertz CT molecular complexity index is 1070. The largest absolute Gasteiger partial charge is 0.486 e. The van der Waals surface area contributed by atoms with Crippen LogP contribution in [-0.2, 0) is 21.2 Å². The predicted octanol–water partition coefficient (Wildman–Crippen LogP) is 1.99. The van der Waals surface area contributed by atoms with E-state index in [2.05, 4.69) is 16.3 Å². The van der Waals surface area contributed by atoms with Crippen molar-refractivity contribution in [1.82, 2.24) is 10.2 Å². The number of hydrogen-bond acceptors (Lipinski definition) is 6. The number of likely N-dealkylation sites (tertiary alicyclic amines) is 1. The summed E-state index contributed by atoms with van der Waals surface area (Å²) in [5.74, 6) is 1.52. The molecule has 2 aromatic carbocycles. The third-order valence-corrected chi connectivity index (χ3v) is 7.02. The predicted molar refractivity (Wildman–Crippen MR) is 120 cm³/mol. The van der Waals surface area contributed by atoms with E-state index in [4.69, 9.17) is 14.6 Å². The number of nitrogens with zero attached hydrogens (tertiary/aromatic N) is 1. The van der Waals surface area contributed by atoms with Gasteiger partial charge in [0.2, 0.25) is 15.9 Å². The fourth-order valence-electron chi connectivity index (χ4n) is 4.35. The number of ether oxygens (including phenoxy) is 2. The summed E-state index contributed by atoms with van der Waals surface area (Å²) in [6.07, 6.45) is 2.63. The first kappa shape index (κ1) is 22.6. The van der Waals surface area contributed by atoms with E-state index in [1.807, 2.05) is 19.1 Å². The van der Waals surface area contributed by atoms with Crippen molar-refractivity contribution in [1.29, 1.82) is 0 Å². The number of benzene rings is 2. The van der Waals surface area contributed by atoms with Crippen LogP contribution in [0.5, 0.6) is 11.5 Å². The average Bonchev–Trinajstić information content (AvgIpc) is 3.28. The van der Waals surface area contributed by atoms with Crippen molar-refractivity contribution < 1.29 is 22.7 Å². The molecule has 2 atom stereocenters. The van der Waals surface area contributed by atoms with Crippen LogP contribution in [0, 0.1) is 0 Å². The molecule has 4 rings (SSSR count). The number of nitrogens with two attached hydrogens (primary N) is 1. The molecule has 9 heteroatoms. The van der Waals surface area contributed by atoms with Gasteiger partial charge in [-0.05, 0) is 68.1 Å². The second-order valence-electron chi connectivity index (χ2n) is 8.20. The molecule has 0 spiro atoms. The molecule has 2 aliphatic heterocycles. The Morgan fingerprint density at radius 2 is 1.88 bits per heavy atom. The van der Waals surface area contributed by atoms with Crippen LogP contribution in [0.2, 0.25) is 0 Å². The first-order valence-corrected chi connectivity index (χ1v) is 12.4. The minimum absolute atomic E-state index is 0.0180. The summed E-state index contributed by atoms with van der Waals surface area (Å²) >= 11 is 0. The highest BCUT2D eigenvalue weighted by Crippen LogP contribution is 2.38. The van der Waals surface area contributed by atoms with E-state index in [1.54, 1.807) is 12.1 Å². The summed E-state index contributed by atoms with van der Waals surface area (Å²) in [5.41, 5.74) is 2.07. The average molecular weight is 460 g/mol. The number of nitrogens with one attached hydrogen (secondary N) is 1. The third-order valence-electron chi connectivity index (χ3n) is 6.09. The quantitative estimate of drug-likeness (QED) is 0.655. The molecule has 0 unspecified atom stereocenters. The van der Waals surface area contributed by atoms with Gasteiger partial charge in [-0.15, -0.1) is 0 Å². The van der Waals surface area contributed by atoms with Gasteiger partial charge in [0.15, 0.2) is 11.5 Å². The van der Waals surface area contributed by atoms with Crippen molar-refractivity contribution in [2.75, 3.05) is 26.3 Å². The number of amides is 1. The standard InChI is InChI=1S/C23H29N3O5S/c1-16(23(27)25-11-10-17-4-7-19(8-5-17)32(24,28)29)26-12-2-3-20(26)18-6-9-21-22(15-18)31-14-13-30-21/h4-9,15-16,20H,2-3,10-14H2,1H3,(H,25,27)(H2,24,28,29)/t16-,20-/m0/s1. The molecule has 1 amide bonds. The van der Waals surface area contributed by atoms with Gasteiger partial charge >= 0.3 is 0 Å². The van der Waals surface area contributed by atoms with Gasteiger partial charge in [-0.1, -0.05) is 18.2 Å². The lowest BCUT2D eigenvalue weighted by Gasteiger charge is -2.31. The molecule has 0 saturated carbocycles. The van der Waals surface area contributed by atoms with Crippen molar-refractivity contribution in [2.24, 2.45) is 5.14 Å². The molecule has 8 nitrogen and oxygen atoms in total. The van der Waals surface area contributed by atoms with Gasteiger partial charge in [0.1, 0.15) is 13.2 Å². The van der Waals surface area contributed by atoms with Crippen LogP contribution in [-0.4, -0.2) is 51.6 Å². The van der Waals surface area contributed by atoms with Crippen LogP contribution in [0.1, 0.15) is 36.9 Å². The summed E-state index contributed by atoms with van der Waals surface area (Å²) in [6.45, 7) is 4.39. The van der Waals surface area contributed by atoms with Crippen molar-refractivity contribution in [3.63, 3.8) is 0 Å². The molecule has 0 aromatic heterocycles. The minimum atomic E-state index is -3.70. The number of carbonyl (C=O) groups is 1. The first-order valence-electron chi connectivity index (χ1n) is 10.9. The van der Waals surface area contributed by atoms with Gasteiger partial charge in [0.05, 0.1) is 10.9 Å². The second kappa shape index (κ2) is 9.48. The Kier molecular flexibility index (Phi) is 6.68. The number of sulfonamides is 1. The maximum absolute atomic E-state index is 12.8. The van der Waals surface area contributed by atoms with E-state index in [1.165, 1.54) is 12.1 Å². The van der Waals surface area contributed by atoms with Crippen molar-refractivity contribution in [3.8, 4) is 11.5 Å². The fraction of sp³-hybridized carbons (Fsp3) is 0.435. The lowest BCUT2D eigenvalue weighted by molar-refractivity contribution is -0.126. The molecular weight excluding hydrogens is 430 g/mol.